The molecular weight excluding hydrogens is 224 g/mol. The number of hydrazine groups is 1. The summed E-state index contributed by atoms with van der Waals surface area (Å²) >= 11 is 0. The third-order valence-electron chi connectivity index (χ3n) is 2.84. The SMILES string of the molecule is CCCCN=C(NN)Nc1c(C)cc(C)cc1C. The van der Waals surface area contributed by atoms with Crippen LogP contribution < -0.4 is 16.6 Å². The van der Waals surface area contributed by atoms with Crippen molar-refractivity contribution in [1.29, 1.82) is 0 Å². The van der Waals surface area contributed by atoms with Crippen molar-refractivity contribution in [2.75, 3.05) is 11.9 Å². The van der Waals surface area contributed by atoms with Gasteiger partial charge in [-0.25, -0.2) is 5.84 Å². The van der Waals surface area contributed by atoms with Crippen molar-refractivity contribution >= 4 is 11.6 Å². The van der Waals surface area contributed by atoms with Gasteiger partial charge in [0.2, 0.25) is 5.96 Å². The van der Waals surface area contributed by atoms with E-state index in [0.29, 0.717) is 5.96 Å². The number of guanidine groups is 1. The molecule has 0 saturated carbocycles. The number of hydrogen-bond donors (Lipinski definition) is 3. The lowest BCUT2D eigenvalue weighted by Crippen LogP contribution is -2.36. The molecule has 1 rings (SSSR count). The fourth-order valence-electron chi connectivity index (χ4n) is 1.97. The number of hydrogen-bond acceptors (Lipinski definition) is 2. The Bertz CT molecular complexity index is 401. The number of aryl methyl sites for hydroxylation is 3. The van der Waals surface area contributed by atoms with E-state index in [1.165, 1.54) is 16.7 Å². The zero-order valence-corrected chi connectivity index (χ0v) is 11.8. The minimum Gasteiger partial charge on any atom is -0.325 e. The number of nitrogens with one attached hydrogen (secondary N) is 2. The van der Waals surface area contributed by atoms with E-state index in [9.17, 15) is 0 Å². The van der Waals surface area contributed by atoms with E-state index < -0.39 is 0 Å². The number of aliphatic imine (C=N–C) groups is 1. The van der Waals surface area contributed by atoms with E-state index in [4.69, 9.17) is 5.84 Å². The highest BCUT2D eigenvalue weighted by molar-refractivity contribution is 5.94. The zero-order chi connectivity index (χ0) is 13.5. The molecule has 0 unspecified atom stereocenters. The van der Waals surface area contributed by atoms with Gasteiger partial charge in [-0.05, 0) is 38.3 Å². The Balaban J connectivity index is 2.85. The smallest absolute Gasteiger partial charge is 0.210 e. The lowest BCUT2D eigenvalue weighted by Gasteiger charge is -2.15. The van der Waals surface area contributed by atoms with Crippen molar-refractivity contribution < 1.29 is 0 Å². The third-order valence-corrected chi connectivity index (χ3v) is 2.84. The second kappa shape index (κ2) is 7.01. The van der Waals surface area contributed by atoms with Crippen LogP contribution in [0.25, 0.3) is 0 Å². The number of benzene rings is 1. The van der Waals surface area contributed by atoms with Gasteiger partial charge in [0.25, 0.3) is 0 Å². The number of anilines is 1. The minimum atomic E-state index is 0.624. The lowest BCUT2D eigenvalue weighted by atomic mass is 10.1. The molecule has 0 saturated heterocycles. The second-order valence-electron chi connectivity index (χ2n) is 4.63. The number of rotatable bonds is 4. The normalized spacial score (nSPS) is 11.5. The van der Waals surface area contributed by atoms with Gasteiger partial charge in [0.15, 0.2) is 0 Å². The van der Waals surface area contributed by atoms with E-state index in [0.717, 1.165) is 25.1 Å². The van der Waals surface area contributed by atoms with E-state index in [2.05, 4.69) is 55.6 Å². The van der Waals surface area contributed by atoms with Crippen molar-refractivity contribution in [2.45, 2.75) is 40.5 Å². The molecule has 4 N–H and O–H groups in total. The largest absolute Gasteiger partial charge is 0.325 e. The van der Waals surface area contributed by atoms with Crippen molar-refractivity contribution in [3.63, 3.8) is 0 Å². The van der Waals surface area contributed by atoms with Crippen LogP contribution in [-0.2, 0) is 0 Å². The molecule has 0 aromatic heterocycles. The fourth-order valence-corrected chi connectivity index (χ4v) is 1.97. The maximum atomic E-state index is 5.49. The Morgan fingerprint density at radius 2 is 1.83 bits per heavy atom. The van der Waals surface area contributed by atoms with Crippen molar-refractivity contribution in [3.8, 4) is 0 Å². The van der Waals surface area contributed by atoms with Crippen molar-refractivity contribution in [1.82, 2.24) is 5.43 Å². The lowest BCUT2D eigenvalue weighted by molar-refractivity contribution is 0.801. The van der Waals surface area contributed by atoms with Gasteiger partial charge in [-0.3, -0.25) is 10.4 Å². The highest BCUT2D eigenvalue weighted by Gasteiger charge is 2.05. The topological polar surface area (TPSA) is 62.4 Å². The Kier molecular flexibility index (Phi) is 5.65. The van der Waals surface area contributed by atoms with Gasteiger partial charge in [0.1, 0.15) is 0 Å². The molecular formula is C14H24N4. The van der Waals surface area contributed by atoms with E-state index in [1.54, 1.807) is 0 Å². The Morgan fingerprint density at radius 1 is 1.22 bits per heavy atom. The molecule has 0 spiro atoms. The van der Waals surface area contributed by atoms with Gasteiger partial charge < -0.3 is 5.32 Å². The first-order valence-corrected chi connectivity index (χ1v) is 6.44. The van der Waals surface area contributed by atoms with Crippen molar-refractivity contribution in [3.05, 3.63) is 28.8 Å². The standard InChI is InChI=1S/C14H24N4/c1-5-6-7-16-14(18-15)17-13-11(3)8-10(2)9-12(13)4/h8-9H,5-7,15H2,1-4H3,(H2,16,17,18). The fraction of sp³-hybridized carbons (Fsp3) is 0.500. The van der Waals surface area contributed by atoms with Crippen LogP contribution >= 0.6 is 0 Å². The molecule has 0 aliphatic carbocycles. The van der Waals surface area contributed by atoms with Crippen LogP contribution in [0.2, 0.25) is 0 Å². The highest BCUT2D eigenvalue weighted by atomic mass is 15.3. The summed E-state index contributed by atoms with van der Waals surface area (Å²) < 4.78 is 0. The molecule has 0 atom stereocenters. The molecule has 18 heavy (non-hydrogen) atoms. The van der Waals surface area contributed by atoms with E-state index in [1.807, 2.05) is 0 Å². The molecule has 0 fully saturated rings. The van der Waals surface area contributed by atoms with Crippen LogP contribution in [0.5, 0.6) is 0 Å². The summed E-state index contributed by atoms with van der Waals surface area (Å²) in [6, 6.07) is 4.30. The van der Waals surface area contributed by atoms with Gasteiger partial charge >= 0.3 is 0 Å². The Morgan fingerprint density at radius 3 is 2.33 bits per heavy atom. The van der Waals surface area contributed by atoms with E-state index in [-0.39, 0.29) is 0 Å². The summed E-state index contributed by atoms with van der Waals surface area (Å²) in [6.45, 7) is 9.20. The van der Waals surface area contributed by atoms with Gasteiger partial charge in [-0.1, -0.05) is 31.0 Å². The number of nitrogens with zero attached hydrogens (tertiary/aromatic N) is 1. The molecule has 0 amide bonds. The third kappa shape index (κ3) is 4.04. The number of nitrogens with two attached hydrogens (primary N) is 1. The molecule has 100 valence electrons. The summed E-state index contributed by atoms with van der Waals surface area (Å²) in [5, 5.41) is 3.27. The minimum absolute atomic E-state index is 0.624. The first-order chi connectivity index (χ1) is 8.58. The van der Waals surface area contributed by atoms with Crippen molar-refractivity contribution in [2.24, 2.45) is 10.8 Å². The van der Waals surface area contributed by atoms with Gasteiger partial charge in [-0.2, -0.15) is 0 Å². The maximum absolute atomic E-state index is 5.49. The molecule has 0 aliphatic rings. The first-order valence-electron chi connectivity index (χ1n) is 6.44. The summed E-state index contributed by atoms with van der Waals surface area (Å²) in [5.41, 5.74) is 7.36. The average molecular weight is 248 g/mol. The van der Waals surface area contributed by atoms with Gasteiger partial charge in [0.05, 0.1) is 0 Å². The molecule has 1 aromatic carbocycles. The monoisotopic (exact) mass is 248 g/mol. The molecule has 0 heterocycles. The highest BCUT2D eigenvalue weighted by Crippen LogP contribution is 2.21. The molecule has 4 nitrogen and oxygen atoms in total. The van der Waals surface area contributed by atoms with Gasteiger partial charge in [-0.15, -0.1) is 0 Å². The van der Waals surface area contributed by atoms with Crippen LogP contribution in [0.15, 0.2) is 17.1 Å². The molecule has 1 aromatic rings. The Hall–Kier alpha value is -1.55. The number of unbranched alkanes of at least 4 members (excludes halogenated alkanes) is 1. The van der Waals surface area contributed by atoms with Crippen LogP contribution in [0.3, 0.4) is 0 Å². The average Bonchev–Trinajstić information content (AvgIpc) is 2.31. The van der Waals surface area contributed by atoms with Crippen LogP contribution in [-0.4, -0.2) is 12.5 Å². The molecule has 0 aliphatic heterocycles. The first kappa shape index (κ1) is 14.5. The summed E-state index contributed by atoms with van der Waals surface area (Å²) in [5.74, 6) is 6.11. The molecule has 0 radical (unpaired) electrons. The van der Waals surface area contributed by atoms with Gasteiger partial charge in [0, 0.05) is 12.2 Å². The quantitative estimate of drug-likeness (QED) is 0.252. The molecule has 0 bridgehead atoms. The summed E-state index contributed by atoms with van der Waals surface area (Å²) in [6.07, 6.45) is 2.20. The Labute approximate surface area is 110 Å². The van der Waals surface area contributed by atoms with Crippen LogP contribution in [0.1, 0.15) is 36.5 Å². The second-order valence-corrected chi connectivity index (χ2v) is 4.63. The van der Waals surface area contributed by atoms with Crippen LogP contribution in [0.4, 0.5) is 5.69 Å². The van der Waals surface area contributed by atoms with Crippen LogP contribution in [0, 0.1) is 20.8 Å². The zero-order valence-electron chi connectivity index (χ0n) is 11.8. The summed E-state index contributed by atoms with van der Waals surface area (Å²) in [7, 11) is 0. The predicted molar refractivity (Wildman–Crippen MR) is 78.8 cm³/mol. The maximum Gasteiger partial charge on any atom is 0.210 e. The van der Waals surface area contributed by atoms with E-state index >= 15 is 0 Å². The molecule has 4 heteroatoms. The predicted octanol–water partition coefficient (Wildman–Crippen LogP) is 2.64. The summed E-state index contributed by atoms with van der Waals surface area (Å²) in [4.78, 5) is 4.40.